The fourth-order valence-corrected chi connectivity index (χ4v) is 3.58. The fraction of sp³-hybridized carbons (Fsp3) is 0.600. The summed E-state index contributed by atoms with van der Waals surface area (Å²) < 4.78 is 7.75. The van der Waals surface area contributed by atoms with Crippen molar-refractivity contribution in [3.8, 4) is 0 Å². The second kappa shape index (κ2) is 7.26. The van der Waals surface area contributed by atoms with Crippen molar-refractivity contribution < 1.29 is 4.74 Å². The summed E-state index contributed by atoms with van der Waals surface area (Å²) in [5.74, 6) is 0.503. The van der Waals surface area contributed by atoms with Gasteiger partial charge in [0.2, 0.25) is 0 Å². The minimum absolute atomic E-state index is 0.214. The number of hydrogen-bond acceptors (Lipinski definition) is 3. The Balaban J connectivity index is 1.83. The Labute approximate surface area is 145 Å². The van der Waals surface area contributed by atoms with Crippen molar-refractivity contribution >= 4 is 10.9 Å². The smallest absolute Gasteiger partial charge is 0.0593 e. The van der Waals surface area contributed by atoms with Crippen molar-refractivity contribution in [1.29, 1.82) is 0 Å². The molecule has 0 saturated carbocycles. The molecule has 0 radical (unpaired) electrons. The van der Waals surface area contributed by atoms with Gasteiger partial charge in [-0.25, -0.2) is 0 Å². The molecule has 2 aromatic rings. The standard InChI is InChI=1S/C20H31N3O/c1-5-24-7-6-23-12-15-8-18-17(9-19(21)14(2)3)11-22(4)20(18)10-16(15)13-23/h8,10-11,14,19H,5-7,9,12-13,21H2,1-4H3. The molecule has 4 heteroatoms. The largest absolute Gasteiger partial charge is 0.380 e. The predicted molar refractivity (Wildman–Crippen MR) is 100 cm³/mol. The van der Waals surface area contributed by atoms with Crippen molar-refractivity contribution in [2.24, 2.45) is 18.7 Å². The average molecular weight is 329 g/mol. The van der Waals surface area contributed by atoms with Crippen molar-refractivity contribution in [1.82, 2.24) is 9.47 Å². The van der Waals surface area contributed by atoms with Gasteiger partial charge in [0.05, 0.1) is 6.61 Å². The van der Waals surface area contributed by atoms with Crippen LogP contribution in [0.25, 0.3) is 10.9 Å². The lowest BCUT2D eigenvalue weighted by atomic mass is 9.96. The van der Waals surface area contributed by atoms with Gasteiger partial charge in [-0.2, -0.15) is 0 Å². The van der Waals surface area contributed by atoms with Gasteiger partial charge in [-0.3, -0.25) is 4.90 Å². The molecule has 1 aliphatic rings. The first kappa shape index (κ1) is 17.5. The number of rotatable bonds is 7. The number of benzene rings is 1. The van der Waals surface area contributed by atoms with E-state index in [1.807, 2.05) is 0 Å². The molecule has 132 valence electrons. The summed E-state index contributed by atoms with van der Waals surface area (Å²) in [6, 6.07) is 4.98. The van der Waals surface area contributed by atoms with Gasteiger partial charge in [-0.1, -0.05) is 13.8 Å². The Kier molecular flexibility index (Phi) is 5.28. The zero-order valence-electron chi connectivity index (χ0n) is 15.5. The Morgan fingerprint density at radius 2 is 1.92 bits per heavy atom. The highest BCUT2D eigenvalue weighted by Gasteiger charge is 2.21. The quantitative estimate of drug-likeness (QED) is 0.794. The summed E-state index contributed by atoms with van der Waals surface area (Å²) in [5, 5.41) is 1.37. The molecule has 0 amide bonds. The van der Waals surface area contributed by atoms with Crippen LogP contribution in [0.4, 0.5) is 0 Å². The second-order valence-corrected chi connectivity index (χ2v) is 7.42. The van der Waals surface area contributed by atoms with Crippen molar-refractivity contribution in [3.63, 3.8) is 0 Å². The number of ether oxygens (including phenoxy) is 1. The van der Waals surface area contributed by atoms with Crippen LogP contribution in [0.15, 0.2) is 18.3 Å². The monoisotopic (exact) mass is 329 g/mol. The van der Waals surface area contributed by atoms with E-state index in [0.29, 0.717) is 5.92 Å². The molecular weight excluding hydrogens is 298 g/mol. The molecule has 0 saturated heterocycles. The maximum atomic E-state index is 6.32. The predicted octanol–water partition coefficient (Wildman–Crippen LogP) is 3.06. The number of aromatic nitrogens is 1. The highest BCUT2D eigenvalue weighted by molar-refractivity contribution is 5.86. The summed E-state index contributed by atoms with van der Waals surface area (Å²) in [4.78, 5) is 2.47. The van der Waals surface area contributed by atoms with Gasteiger partial charge in [0.25, 0.3) is 0 Å². The van der Waals surface area contributed by atoms with Crippen LogP contribution < -0.4 is 5.73 Å². The van der Waals surface area contributed by atoms with E-state index in [9.17, 15) is 0 Å². The van der Waals surface area contributed by atoms with Crippen molar-refractivity contribution in [2.45, 2.75) is 46.3 Å². The zero-order valence-corrected chi connectivity index (χ0v) is 15.5. The van der Waals surface area contributed by atoms with Crippen LogP contribution in [0, 0.1) is 5.92 Å². The molecule has 0 spiro atoms. The SMILES string of the molecule is CCOCCN1Cc2cc3c(CC(N)C(C)C)cn(C)c3cc2C1. The van der Waals surface area contributed by atoms with Crippen LogP contribution >= 0.6 is 0 Å². The van der Waals surface area contributed by atoms with Crippen LogP contribution in [0.2, 0.25) is 0 Å². The summed E-state index contributed by atoms with van der Waals surface area (Å²) in [5.41, 5.74) is 11.9. The van der Waals surface area contributed by atoms with E-state index in [4.69, 9.17) is 10.5 Å². The third-order valence-corrected chi connectivity index (χ3v) is 5.25. The molecule has 1 aliphatic heterocycles. The van der Waals surface area contributed by atoms with Gasteiger partial charge >= 0.3 is 0 Å². The normalized spacial score (nSPS) is 16.2. The summed E-state index contributed by atoms with van der Waals surface area (Å²) in [6.45, 7) is 11.1. The minimum atomic E-state index is 0.214. The number of hydrogen-bond donors (Lipinski definition) is 1. The van der Waals surface area contributed by atoms with Gasteiger partial charge in [0, 0.05) is 56.4 Å². The molecule has 0 aliphatic carbocycles. The summed E-state index contributed by atoms with van der Waals surface area (Å²) in [7, 11) is 2.14. The van der Waals surface area contributed by atoms with Gasteiger partial charge in [-0.15, -0.1) is 0 Å². The zero-order chi connectivity index (χ0) is 17.3. The number of nitrogens with two attached hydrogens (primary N) is 1. The lowest BCUT2D eigenvalue weighted by Gasteiger charge is -2.15. The van der Waals surface area contributed by atoms with Crippen LogP contribution in [0.1, 0.15) is 37.5 Å². The molecule has 1 aromatic carbocycles. The molecule has 2 N–H and O–H groups in total. The van der Waals surface area contributed by atoms with Gasteiger partial charge < -0.3 is 15.0 Å². The Morgan fingerprint density at radius 1 is 1.21 bits per heavy atom. The maximum absolute atomic E-state index is 6.32. The average Bonchev–Trinajstić information content (AvgIpc) is 3.06. The topological polar surface area (TPSA) is 43.4 Å². The molecule has 0 bridgehead atoms. The van der Waals surface area contributed by atoms with E-state index in [1.165, 1.54) is 27.6 Å². The molecular formula is C20H31N3O. The molecule has 1 atom stereocenters. The Morgan fingerprint density at radius 3 is 2.58 bits per heavy atom. The van der Waals surface area contributed by atoms with Gasteiger partial charge in [-0.05, 0) is 48.1 Å². The third-order valence-electron chi connectivity index (χ3n) is 5.25. The minimum Gasteiger partial charge on any atom is -0.380 e. The molecule has 1 aromatic heterocycles. The molecule has 1 unspecified atom stereocenters. The van der Waals surface area contributed by atoms with Crippen molar-refractivity contribution in [2.75, 3.05) is 19.8 Å². The molecule has 0 fully saturated rings. The third kappa shape index (κ3) is 3.51. The van der Waals surface area contributed by atoms with E-state index in [2.05, 4.69) is 55.6 Å². The highest BCUT2D eigenvalue weighted by atomic mass is 16.5. The lowest BCUT2D eigenvalue weighted by Crippen LogP contribution is -2.28. The molecule has 3 rings (SSSR count). The number of nitrogens with zero attached hydrogens (tertiary/aromatic N) is 2. The van der Waals surface area contributed by atoms with Crippen LogP contribution in [0.3, 0.4) is 0 Å². The summed E-state index contributed by atoms with van der Waals surface area (Å²) in [6.07, 6.45) is 3.21. The lowest BCUT2D eigenvalue weighted by molar-refractivity contribution is 0.113. The number of fused-ring (bicyclic) bond motifs is 2. The van der Waals surface area contributed by atoms with E-state index in [-0.39, 0.29) is 6.04 Å². The van der Waals surface area contributed by atoms with Gasteiger partial charge in [0.1, 0.15) is 0 Å². The first-order chi connectivity index (χ1) is 11.5. The first-order valence-corrected chi connectivity index (χ1v) is 9.15. The van der Waals surface area contributed by atoms with Crippen molar-refractivity contribution in [3.05, 3.63) is 35.0 Å². The van der Waals surface area contributed by atoms with E-state index >= 15 is 0 Å². The summed E-state index contributed by atoms with van der Waals surface area (Å²) >= 11 is 0. The molecule has 2 heterocycles. The highest BCUT2D eigenvalue weighted by Crippen LogP contribution is 2.31. The molecule has 24 heavy (non-hydrogen) atoms. The Hall–Kier alpha value is -1.36. The van der Waals surface area contributed by atoms with Crippen LogP contribution in [-0.4, -0.2) is 35.3 Å². The van der Waals surface area contributed by atoms with E-state index in [0.717, 1.165) is 39.3 Å². The van der Waals surface area contributed by atoms with E-state index in [1.54, 1.807) is 0 Å². The fourth-order valence-electron chi connectivity index (χ4n) is 3.58. The van der Waals surface area contributed by atoms with Crippen LogP contribution in [-0.2, 0) is 31.3 Å². The number of aryl methyl sites for hydroxylation is 1. The first-order valence-electron chi connectivity index (χ1n) is 9.15. The molecule has 4 nitrogen and oxygen atoms in total. The second-order valence-electron chi connectivity index (χ2n) is 7.42. The van der Waals surface area contributed by atoms with Gasteiger partial charge in [0.15, 0.2) is 0 Å². The van der Waals surface area contributed by atoms with Crippen LogP contribution in [0.5, 0.6) is 0 Å². The maximum Gasteiger partial charge on any atom is 0.0593 e. The van der Waals surface area contributed by atoms with E-state index < -0.39 is 0 Å². The Bertz CT molecular complexity index is 704.